The van der Waals surface area contributed by atoms with E-state index in [4.69, 9.17) is 28.9 Å². The number of nitrogens with zero attached hydrogens (tertiary/aromatic N) is 1. The van der Waals surface area contributed by atoms with Crippen LogP contribution in [0.4, 0.5) is 5.69 Å². The van der Waals surface area contributed by atoms with Crippen molar-refractivity contribution < 1.29 is 19.3 Å². The summed E-state index contributed by atoms with van der Waals surface area (Å²) in [5.41, 5.74) is 5.83. The van der Waals surface area contributed by atoms with Crippen molar-refractivity contribution in [1.29, 1.82) is 0 Å². The van der Waals surface area contributed by atoms with Gasteiger partial charge in [-0.3, -0.25) is 14.4 Å². The number of carbonyl (C=O) groups is 3. The van der Waals surface area contributed by atoms with Crippen molar-refractivity contribution in [1.82, 2.24) is 4.90 Å². The predicted molar refractivity (Wildman–Crippen MR) is 100 cm³/mol. The van der Waals surface area contributed by atoms with E-state index in [9.17, 15) is 14.4 Å². The van der Waals surface area contributed by atoms with Gasteiger partial charge in [-0.2, -0.15) is 0 Å². The predicted octanol–water partition coefficient (Wildman–Crippen LogP) is 0.171. The lowest BCUT2D eigenvalue weighted by atomic mass is 9.96. The zero-order valence-corrected chi connectivity index (χ0v) is 16.1. The van der Waals surface area contributed by atoms with Gasteiger partial charge >= 0.3 is 0 Å². The Kier molecular flexibility index (Phi) is 7.25. The van der Waals surface area contributed by atoms with E-state index in [1.807, 2.05) is 0 Å². The fraction of sp³-hybridized carbons (Fsp3) is 0.471. The Balaban J connectivity index is 1.78. The van der Waals surface area contributed by atoms with Crippen molar-refractivity contribution in [3.8, 4) is 0 Å². The van der Waals surface area contributed by atoms with Gasteiger partial charge < -0.3 is 20.9 Å². The number of anilines is 1. The summed E-state index contributed by atoms with van der Waals surface area (Å²) in [5, 5.41) is 3.43. The van der Waals surface area contributed by atoms with Crippen LogP contribution in [0.5, 0.6) is 0 Å². The van der Waals surface area contributed by atoms with Gasteiger partial charge in [0.2, 0.25) is 11.8 Å². The quantitative estimate of drug-likeness (QED) is 0.633. The van der Waals surface area contributed by atoms with Crippen molar-refractivity contribution in [3.63, 3.8) is 0 Å². The Bertz CT molecular complexity index is 691. The number of primary amides is 1. The molecule has 1 heterocycles. The Hall–Kier alpha value is -1.83. The molecule has 0 atom stereocenters. The average Bonchev–Trinajstić information content (AvgIpc) is 2.58. The number of nitrogens with two attached hydrogens (primary N) is 1. The molecule has 0 aromatic heterocycles. The monoisotopic (exact) mass is 401 g/mol. The number of rotatable bonds is 6. The molecule has 0 radical (unpaired) electrons. The minimum absolute atomic E-state index is 0.0593. The van der Waals surface area contributed by atoms with Crippen molar-refractivity contribution in [2.75, 3.05) is 38.5 Å². The molecular formula is C17H23Cl2N4O3+. The Morgan fingerprint density at radius 1 is 1.23 bits per heavy atom. The number of piperidine rings is 1. The van der Waals surface area contributed by atoms with Crippen molar-refractivity contribution >= 4 is 46.6 Å². The Labute approximate surface area is 162 Å². The van der Waals surface area contributed by atoms with Crippen LogP contribution in [0.2, 0.25) is 10.0 Å². The second-order valence-electron chi connectivity index (χ2n) is 6.53. The lowest BCUT2D eigenvalue weighted by molar-refractivity contribution is -0.898. The first-order valence-corrected chi connectivity index (χ1v) is 9.13. The molecule has 1 aromatic carbocycles. The van der Waals surface area contributed by atoms with E-state index in [2.05, 4.69) is 5.32 Å². The first-order chi connectivity index (χ1) is 12.3. The first-order valence-electron chi connectivity index (χ1n) is 8.38. The van der Waals surface area contributed by atoms with Gasteiger partial charge in [0.05, 0.1) is 29.7 Å². The SMILES string of the molecule is CN(CC(=O)Nc1ccc(Cl)c(Cl)c1)C(=O)C[NH+]1CCC(C(N)=O)CC1. The molecule has 0 saturated carbocycles. The number of hydrogen-bond acceptors (Lipinski definition) is 3. The highest BCUT2D eigenvalue weighted by atomic mass is 35.5. The summed E-state index contributed by atoms with van der Waals surface area (Å²) in [6.07, 6.45) is 1.39. The summed E-state index contributed by atoms with van der Waals surface area (Å²) >= 11 is 11.7. The number of likely N-dealkylation sites (tertiary alicyclic amines) is 1. The first kappa shape index (κ1) is 20.5. The lowest BCUT2D eigenvalue weighted by Gasteiger charge is -2.28. The van der Waals surface area contributed by atoms with Crippen LogP contribution >= 0.6 is 23.2 Å². The third kappa shape index (κ3) is 5.86. The minimum atomic E-state index is -0.318. The normalized spacial score (nSPS) is 19.7. The number of benzene rings is 1. The summed E-state index contributed by atoms with van der Waals surface area (Å²) < 4.78 is 0. The topological polar surface area (TPSA) is 96.9 Å². The number of hydrogen-bond donors (Lipinski definition) is 3. The van der Waals surface area contributed by atoms with Gasteiger partial charge in [-0.25, -0.2) is 0 Å². The molecule has 1 aliphatic rings. The lowest BCUT2D eigenvalue weighted by Crippen LogP contribution is -3.14. The van der Waals surface area contributed by atoms with E-state index in [1.165, 1.54) is 4.90 Å². The third-order valence-corrected chi connectivity index (χ3v) is 5.25. The van der Waals surface area contributed by atoms with E-state index in [1.54, 1.807) is 25.2 Å². The maximum atomic E-state index is 12.3. The van der Waals surface area contributed by atoms with Crippen LogP contribution in [-0.4, -0.2) is 55.8 Å². The summed E-state index contributed by atoms with van der Waals surface area (Å²) in [6.45, 7) is 1.68. The molecule has 9 heteroatoms. The largest absolute Gasteiger partial charge is 0.369 e. The fourth-order valence-corrected chi connectivity index (χ4v) is 3.21. The molecule has 0 spiro atoms. The molecule has 26 heavy (non-hydrogen) atoms. The van der Waals surface area contributed by atoms with Gasteiger partial charge in [0.15, 0.2) is 6.54 Å². The molecular weight excluding hydrogens is 379 g/mol. The van der Waals surface area contributed by atoms with Crippen LogP contribution < -0.4 is 16.0 Å². The molecule has 4 N–H and O–H groups in total. The van der Waals surface area contributed by atoms with E-state index in [-0.39, 0.29) is 30.2 Å². The fourth-order valence-electron chi connectivity index (χ4n) is 2.91. The Morgan fingerprint density at radius 2 is 1.88 bits per heavy atom. The van der Waals surface area contributed by atoms with E-state index in [0.29, 0.717) is 35.1 Å². The maximum absolute atomic E-state index is 12.3. The van der Waals surface area contributed by atoms with Gasteiger partial charge in [0.1, 0.15) is 0 Å². The second kappa shape index (κ2) is 9.21. The van der Waals surface area contributed by atoms with Crippen molar-refractivity contribution in [3.05, 3.63) is 28.2 Å². The summed E-state index contributed by atoms with van der Waals surface area (Å²) in [6, 6.07) is 4.78. The highest BCUT2D eigenvalue weighted by Crippen LogP contribution is 2.24. The molecule has 0 bridgehead atoms. The second-order valence-corrected chi connectivity index (χ2v) is 7.34. The zero-order valence-electron chi connectivity index (χ0n) is 14.6. The van der Waals surface area contributed by atoms with Crippen LogP contribution in [0.3, 0.4) is 0 Å². The maximum Gasteiger partial charge on any atom is 0.277 e. The number of quaternary nitrogens is 1. The van der Waals surface area contributed by atoms with Crippen LogP contribution in [0, 0.1) is 5.92 Å². The minimum Gasteiger partial charge on any atom is -0.369 e. The van der Waals surface area contributed by atoms with E-state index >= 15 is 0 Å². The van der Waals surface area contributed by atoms with Gasteiger partial charge in [0, 0.05) is 31.5 Å². The molecule has 0 unspecified atom stereocenters. The number of carbonyl (C=O) groups excluding carboxylic acids is 3. The van der Waals surface area contributed by atoms with Crippen molar-refractivity contribution in [2.45, 2.75) is 12.8 Å². The Morgan fingerprint density at radius 3 is 2.46 bits per heavy atom. The molecule has 1 aromatic rings. The molecule has 7 nitrogen and oxygen atoms in total. The highest BCUT2D eigenvalue weighted by molar-refractivity contribution is 6.42. The van der Waals surface area contributed by atoms with Gasteiger partial charge in [-0.15, -0.1) is 0 Å². The van der Waals surface area contributed by atoms with E-state index < -0.39 is 0 Å². The van der Waals surface area contributed by atoms with Crippen LogP contribution in [0.25, 0.3) is 0 Å². The standard InChI is InChI=1S/C17H22Cl2N4O3/c1-22(9-15(24)21-12-2-3-13(18)14(19)8-12)16(25)10-23-6-4-11(5-7-23)17(20)26/h2-3,8,11H,4-7,9-10H2,1H3,(H2,20,26)(H,21,24)/p+1. The molecule has 2 rings (SSSR count). The molecule has 3 amide bonds. The number of amides is 3. The highest BCUT2D eigenvalue weighted by Gasteiger charge is 2.28. The van der Waals surface area contributed by atoms with Crippen molar-refractivity contribution in [2.24, 2.45) is 11.7 Å². The average molecular weight is 402 g/mol. The van der Waals surface area contributed by atoms with Crippen LogP contribution in [0.15, 0.2) is 18.2 Å². The summed E-state index contributed by atoms with van der Waals surface area (Å²) in [7, 11) is 1.59. The number of halogens is 2. The summed E-state index contributed by atoms with van der Waals surface area (Å²) in [4.78, 5) is 38.1. The molecule has 142 valence electrons. The number of likely N-dealkylation sites (N-methyl/N-ethyl adjacent to an activating group) is 1. The molecule has 1 fully saturated rings. The molecule has 0 aliphatic carbocycles. The van der Waals surface area contributed by atoms with Gasteiger partial charge in [-0.1, -0.05) is 23.2 Å². The molecule has 1 aliphatic heterocycles. The summed E-state index contributed by atoms with van der Waals surface area (Å²) in [5.74, 6) is -0.807. The van der Waals surface area contributed by atoms with Gasteiger partial charge in [0.25, 0.3) is 5.91 Å². The third-order valence-electron chi connectivity index (χ3n) is 4.51. The van der Waals surface area contributed by atoms with Gasteiger partial charge in [-0.05, 0) is 18.2 Å². The van der Waals surface area contributed by atoms with E-state index in [0.717, 1.165) is 18.0 Å². The molecule has 1 saturated heterocycles. The zero-order chi connectivity index (χ0) is 19.3. The van der Waals surface area contributed by atoms with Crippen LogP contribution in [0.1, 0.15) is 12.8 Å². The number of nitrogens with one attached hydrogen (secondary N) is 2. The van der Waals surface area contributed by atoms with Crippen LogP contribution in [-0.2, 0) is 14.4 Å². The smallest absolute Gasteiger partial charge is 0.277 e.